The molecule has 1 heteroatoms. The summed E-state index contributed by atoms with van der Waals surface area (Å²) in [5.74, 6) is 5.53. The summed E-state index contributed by atoms with van der Waals surface area (Å²) >= 11 is -1.42. The topological polar surface area (TPSA) is 0 Å². The van der Waals surface area contributed by atoms with Crippen molar-refractivity contribution >= 4 is 18.7 Å². The number of hydrogen-bond donors (Lipinski definition) is 0. The second kappa shape index (κ2) is 9.51. The van der Waals surface area contributed by atoms with Crippen LogP contribution in [0.5, 0.6) is 0 Å². The number of rotatable bonds is 5. The molecule has 2 aliphatic carbocycles. The maximum atomic E-state index is 2.54. The van der Waals surface area contributed by atoms with Crippen molar-refractivity contribution in [2.24, 2.45) is 35.5 Å². The van der Waals surface area contributed by atoms with E-state index in [0.29, 0.717) is 0 Å². The first-order chi connectivity index (χ1) is 12.9. The van der Waals surface area contributed by atoms with Crippen molar-refractivity contribution in [2.75, 3.05) is 0 Å². The third-order valence-electron chi connectivity index (χ3n) is 7.95. The quantitative estimate of drug-likeness (QED) is 0.432. The third kappa shape index (κ3) is 5.03. The van der Waals surface area contributed by atoms with Crippen LogP contribution in [0.1, 0.15) is 80.1 Å². The predicted octanol–water partition coefficient (Wildman–Crippen LogP) is 7.31. The molecule has 1 radical (unpaired) electrons. The molecule has 1 aromatic carbocycles. The summed E-state index contributed by atoms with van der Waals surface area (Å²) in [4.78, 5) is 0. The molecule has 0 aromatic heterocycles. The van der Waals surface area contributed by atoms with Crippen molar-refractivity contribution in [1.82, 2.24) is 0 Å². The van der Waals surface area contributed by atoms with Crippen molar-refractivity contribution in [3.8, 4) is 0 Å². The van der Waals surface area contributed by atoms with E-state index in [9.17, 15) is 0 Å². The van der Waals surface area contributed by atoms with Gasteiger partial charge in [-0.2, -0.15) is 0 Å². The minimum atomic E-state index is -1.42. The van der Waals surface area contributed by atoms with Gasteiger partial charge >= 0.3 is 174 Å². The first-order valence-corrected chi connectivity index (χ1v) is 15.3. The van der Waals surface area contributed by atoms with Crippen molar-refractivity contribution in [3.63, 3.8) is 0 Å². The summed E-state index contributed by atoms with van der Waals surface area (Å²) < 4.78 is 3.88. The van der Waals surface area contributed by atoms with Gasteiger partial charge in [-0.1, -0.05) is 0 Å². The van der Waals surface area contributed by atoms with Crippen LogP contribution in [0.25, 0.3) is 0 Å². The Balaban J connectivity index is 2.02. The second-order valence-electron chi connectivity index (χ2n) is 10.7. The summed E-state index contributed by atoms with van der Waals surface area (Å²) in [5.41, 5.74) is 0. The predicted molar refractivity (Wildman–Crippen MR) is 122 cm³/mol. The van der Waals surface area contributed by atoms with Gasteiger partial charge in [0.2, 0.25) is 0 Å². The van der Waals surface area contributed by atoms with Gasteiger partial charge in [0.1, 0.15) is 0 Å². The van der Waals surface area contributed by atoms with Crippen LogP contribution in [0, 0.1) is 35.5 Å². The molecule has 0 N–H and O–H groups in total. The molecule has 151 valence electrons. The number of benzene rings is 1. The van der Waals surface area contributed by atoms with Gasteiger partial charge in [-0.3, -0.25) is 0 Å². The molecule has 1 aromatic rings. The van der Waals surface area contributed by atoms with Crippen molar-refractivity contribution in [3.05, 3.63) is 30.3 Å². The van der Waals surface area contributed by atoms with Gasteiger partial charge < -0.3 is 0 Å². The molecular formula is C26H43Ge. The van der Waals surface area contributed by atoms with Gasteiger partial charge in [0.25, 0.3) is 0 Å². The second-order valence-corrected chi connectivity index (χ2v) is 16.9. The van der Waals surface area contributed by atoms with E-state index >= 15 is 0 Å². The monoisotopic (exact) mass is 429 g/mol. The molecule has 0 amide bonds. The zero-order chi connectivity index (χ0) is 19.6. The zero-order valence-corrected chi connectivity index (χ0v) is 20.8. The van der Waals surface area contributed by atoms with Gasteiger partial charge in [-0.25, -0.2) is 0 Å². The summed E-state index contributed by atoms with van der Waals surface area (Å²) in [7, 11) is 0. The fourth-order valence-corrected chi connectivity index (χ4v) is 17.6. The minimum absolute atomic E-state index is 0.854. The Morgan fingerprint density at radius 1 is 0.704 bits per heavy atom. The molecule has 0 saturated heterocycles. The molecular weight excluding hydrogens is 385 g/mol. The standard InChI is InChI=1S/C26H43Ge/c1-18(2)23-14-12-20(5)16-25(23)27(22-10-8-7-9-11-22)26-17-21(6)13-15-24(26)19(3)4/h7-11,18-21,23-26H,12-17H2,1-6H3/t20-,21-,23+,24+,25-,26-/m1/s1. The van der Waals surface area contributed by atoms with Crippen molar-refractivity contribution in [2.45, 2.75) is 89.6 Å². The van der Waals surface area contributed by atoms with Crippen LogP contribution < -0.4 is 4.40 Å². The van der Waals surface area contributed by atoms with Gasteiger partial charge in [0.05, 0.1) is 0 Å². The third-order valence-corrected chi connectivity index (χ3v) is 16.2. The summed E-state index contributed by atoms with van der Waals surface area (Å²) in [6.07, 6.45) is 8.94. The van der Waals surface area contributed by atoms with E-state index in [2.05, 4.69) is 71.9 Å². The zero-order valence-electron chi connectivity index (χ0n) is 18.7. The Kier molecular flexibility index (Phi) is 7.56. The Morgan fingerprint density at radius 3 is 1.56 bits per heavy atom. The van der Waals surface area contributed by atoms with E-state index in [4.69, 9.17) is 0 Å². The molecule has 2 fully saturated rings. The fraction of sp³-hybridized carbons (Fsp3) is 0.769. The van der Waals surface area contributed by atoms with Crippen LogP contribution in [0.2, 0.25) is 9.50 Å². The molecule has 0 nitrogen and oxygen atoms in total. The Bertz CT molecular complexity index is 531. The van der Waals surface area contributed by atoms with E-state index in [0.717, 1.165) is 45.0 Å². The van der Waals surface area contributed by atoms with Crippen LogP contribution in [0.15, 0.2) is 30.3 Å². The Hall–Kier alpha value is -0.237. The van der Waals surface area contributed by atoms with E-state index in [1.807, 2.05) is 4.40 Å². The molecule has 6 atom stereocenters. The molecule has 0 bridgehead atoms. The van der Waals surface area contributed by atoms with Gasteiger partial charge in [-0.05, 0) is 0 Å². The SMILES string of the molecule is CC(C)[C@@H]1CC[C@@H](C)C[C@H]1[Ge]([c]1ccccc1)[C@@H]1C[C@H](C)CC[C@H]1C(C)C. The molecule has 27 heavy (non-hydrogen) atoms. The van der Waals surface area contributed by atoms with E-state index in [1.165, 1.54) is 38.5 Å². The molecule has 3 rings (SSSR count). The number of hydrogen-bond acceptors (Lipinski definition) is 0. The Labute approximate surface area is 174 Å². The summed E-state index contributed by atoms with van der Waals surface area (Å²) in [5, 5.41) is 0. The average molecular weight is 428 g/mol. The molecule has 0 aliphatic heterocycles. The van der Waals surface area contributed by atoms with Crippen LogP contribution in [0.3, 0.4) is 0 Å². The van der Waals surface area contributed by atoms with Gasteiger partial charge in [-0.15, -0.1) is 0 Å². The summed E-state index contributed by atoms with van der Waals surface area (Å²) in [6.45, 7) is 15.1. The molecule has 0 unspecified atom stereocenters. The normalized spacial score (nSPS) is 35.1. The van der Waals surface area contributed by atoms with Crippen molar-refractivity contribution < 1.29 is 0 Å². The Morgan fingerprint density at radius 2 is 1.15 bits per heavy atom. The van der Waals surface area contributed by atoms with E-state index in [1.54, 1.807) is 0 Å². The average Bonchev–Trinajstić information content (AvgIpc) is 2.62. The van der Waals surface area contributed by atoms with Crippen LogP contribution >= 0.6 is 0 Å². The van der Waals surface area contributed by atoms with Crippen LogP contribution in [-0.4, -0.2) is 14.3 Å². The first-order valence-electron chi connectivity index (χ1n) is 11.8. The van der Waals surface area contributed by atoms with Crippen LogP contribution in [-0.2, 0) is 0 Å². The molecule has 2 aliphatic rings. The molecule has 0 heterocycles. The van der Waals surface area contributed by atoms with Crippen molar-refractivity contribution in [1.29, 1.82) is 0 Å². The van der Waals surface area contributed by atoms with Gasteiger partial charge in [0, 0.05) is 0 Å². The van der Waals surface area contributed by atoms with E-state index in [-0.39, 0.29) is 0 Å². The molecule has 2 saturated carbocycles. The van der Waals surface area contributed by atoms with E-state index < -0.39 is 14.3 Å². The van der Waals surface area contributed by atoms with Gasteiger partial charge in [0.15, 0.2) is 0 Å². The maximum absolute atomic E-state index is 2.54. The molecule has 0 spiro atoms. The van der Waals surface area contributed by atoms with Crippen LogP contribution in [0.4, 0.5) is 0 Å². The first kappa shape index (κ1) is 21.5. The summed E-state index contributed by atoms with van der Waals surface area (Å²) in [6, 6.07) is 11.9. The fourth-order valence-electron chi connectivity index (χ4n) is 6.45.